The lowest BCUT2D eigenvalue weighted by Crippen LogP contribution is -2.46. The summed E-state index contributed by atoms with van der Waals surface area (Å²) in [6, 6.07) is 27.8. The molecule has 4 aromatic rings. The highest BCUT2D eigenvalue weighted by Gasteiger charge is 2.33. The van der Waals surface area contributed by atoms with Crippen molar-refractivity contribution in [1.82, 2.24) is 4.90 Å². The Kier molecular flexibility index (Phi) is 9.24. The topological polar surface area (TPSA) is 94.5 Å². The molecule has 2 atom stereocenters. The Morgan fingerprint density at radius 1 is 0.857 bits per heavy atom. The average molecular weight is 570 g/mol. The second kappa shape index (κ2) is 13.4. The van der Waals surface area contributed by atoms with Gasteiger partial charge in [-0.3, -0.25) is 0 Å². The summed E-state index contributed by atoms with van der Waals surface area (Å²) in [6.07, 6.45) is 0.0160. The number of hydrogen-bond donors (Lipinski definition) is 1. The molecule has 1 fully saturated rings. The summed E-state index contributed by atoms with van der Waals surface area (Å²) in [6.45, 7) is 1.38. The lowest BCUT2D eigenvalue weighted by atomic mass is 9.86. The van der Waals surface area contributed by atoms with Crippen molar-refractivity contribution in [3.05, 3.63) is 107 Å². The molecule has 8 nitrogen and oxygen atoms in total. The highest BCUT2D eigenvalue weighted by Crippen LogP contribution is 2.32. The van der Waals surface area contributed by atoms with Crippen molar-refractivity contribution >= 4 is 22.8 Å². The molecule has 0 bridgehead atoms. The molecule has 42 heavy (non-hydrogen) atoms. The zero-order chi connectivity index (χ0) is 29.5. The van der Waals surface area contributed by atoms with E-state index < -0.39 is 12.1 Å². The first kappa shape index (κ1) is 29.0. The van der Waals surface area contributed by atoms with Crippen LogP contribution >= 0.6 is 0 Å². The van der Waals surface area contributed by atoms with Crippen LogP contribution in [0.15, 0.2) is 84.9 Å². The molecule has 5 rings (SSSR count). The Morgan fingerprint density at radius 2 is 1.55 bits per heavy atom. The molecule has 1 heterocycles. The van der Waals surface area contributed by atoms with Crippen LogP contribution in [0.2, 0.25) is 0 Å². The first-order chi connectivity index (χ1) is 20.5. The van der Waals surface area contributed by atoms with Crippen molar-refractivity contribution < 1.29 is 33.6 Å². The number of carbonyl (C=O) groups is 2. The predicted molar refractivity (Wildman–Crippen MR) is 159 cm³/mol. The zero-order valence-corrected chi connectivity index (χ0v) is 23.8. The number of likely N-dealkylation sites (tertiary alicyclic amines) is 1. The highest BCUT2D eigenvalue weighted by atomic mass is 16.5. The van der Waals surface area contributed by atoms with Crippen LogP contribution in [-0.2, 0) is 22.5 Å². The number of rotatable bonds is 10. The van der Waals surface area contributed by atoms with Gasteiger partial charge in [0, 0.05) is 18.9 Å². The number of methoxy groups -OCH3 is 2. The van der Waals surface area contributed by atoms with Gasteiger partial charge in [-0.2, -0.15) is 0 Å². The van der Waals surface area contributed by atoms with Gasteiger partial charge in [-0.05, 0) is 52.1 Å². The lowest BCUT2D eigenvalue weighted by Gasteiger charge is -2.37. The van der Waals surface area contributed by atoms with Gasteiger partial charge in [-0.1, -0.05) is 66.7 Å². The molecule has 1 saturated heterocycles. The van der Waals surface area contributed by atoms with Crippen molar-refractivity contribution in [1.29, 1.82) is 0 Å². The fourth-order valence-electron chi connectivity index (χ4n) is 5.49. The maximum Gasteiger partial charge on any atom is 0.407 e. The molecule has 0 saturated carbocycles. The van der Waals surface area contributed by atoms with Crippen molar-refractivity contribution in [2.24, 2.45) is 0 Å². The number of nitrogens with zero attached hydrogens (tertiary/aromatic N) is 1. The fourth-order valence-corrected chi connectivity index (χ4v) is 5.49. The van der Waals surface area contributed by atoms with Crippen LogP contribution < -0.4 is 9.47 Å². The molecular weight excluding hydrogens is 534 g/mol. The van der Waals surface area contributed by atoms with E-state index in [1.807, 2.05) is 24.3 Å². The molecule has 1 aliphatic heterocycles. The number of benzene rings is 4. The summed E-state index contributed by atoms with van der Waals surface area (Å²) in [4.78, 5) is 25.9. The Bertz CT molecular complexity index is 1510. The number of ether oxygens (including phenoxy) is 4. The minimum atomic E-state index is -0.927. The van der Waals surface area contributed by atoms with Crippen molar-refractivity contribution in [3.63, 3.8) is 0 Å². The second-order valence-electron chi connectivity index (χ2n) is 10.3. The molecule has 8 heteroatoms. The first-order valence-corrected chi connectivity index (χ1v) is 14.0. The maximum atomic E-state index is 12.8. The van der Waals surface area contributed by atoms with Gasteiger partial charge >= 0.3 is 12.1 Å². The normalized spacial score (nSPS) is 16.7. The molecule has 2 unspecified atom stereocenters. The van der Waals surface area contributed by atoms with Gasteiger partial charge in [0.1, 0.15) is 17.1 Å². The third kappa shape index (κ3) is 6.66. The number of esters is 1. The van der Waals surface area contributed by atoms with E-state index in [9.17, 15) is 14.7 Å². The molecular formula is C34H35NO7. The minimum absolute atomic E-state index is 0.0611. The average Bonchev–Trinajstić information content (AvgIpc) is 3.03. The van der Waals surface area contributed by atoms with E-state index >= 15 is 0 Å². The Morgan fingerprint density at radius 3 is 2.24 bits per heavy atom. The van der Waals surface area contributed by atoms with Gasteiger partial charge in [0.15, 0.2) is 0 Å². The van der Waals surface area contributed by atoms with Crippen molar-refractivity contribution in [3.8, 4) is 11.5 Å². The number of carboxylic acid groups (broad SMARTS) is 1. The number of piperidine rings is 1. The summed E-state index contributed by atoms with van der Waals surface area (Å²) < 4.78 is 22.5. The summed E-state index contributed by atoms with van der Waals surface area (Å²) in [5, 5.41) is 11.9. The SMILES string of the molecule is COc1cccc(OC)c1C(=O)OCCc1ccc(C2CCN(C(=O)O)CC2OCc2ccc3ccccc3c2)cc1. The second-order valence-corrected chi connectivity index (χ2v) is 10.3. The van der Waals surface area contributed by atoms with Gasteiger partial charge in [0.2, 0.25) is 0 Å². The smallest absolute Gasteiger partial charge is 0.407 e. The van der Waals surface area contributed by atoms with E-state index in [0.717, 1.165) is 22.1 Å². The van der Waals surface area contributed by atoms with Crippen LogP contribution in [0, 0.1) is 0 Å². The van der Waals surface area contributed by atoms with Gasteiger partial charge in [-0.15, -0.1) is 0 Å². The van der Waals surface area contributed by atoms with Crippen LogP contribution in [0.25, 0.3) is 10.8 Å². The van der Waals surface area contributed by atoms with E-state index in [1.165, 1.54) is 24.5 Å². The largest absolute Gasteiger partial charge is 0.496 e. The van der Waals surface area contributed by atoms with Crippen molar-refractivity contribution in [2.45, 2.75) is 31.5 Å². The number of fused-ring (bicyclic) bond motifs is 1. The Balaban J connectivity index is 1.22. The molecule has 218 valence electrons. The van der Waals surface area contributed by atoms with Gasteiger partial charge < -0.3 is 29.0 Å². The summed E-state index contributed by atoms with van der Waals surface area (Å²) in [7, 11) is 3.00. The van der Waals surface area contributed by atoms with Gasteiger partial charge in [0.25, 0.3) is 0 Å². The van der Waals surface area contributed by atoms with Gasteiger partial charge in [-0.25, -0.2) is 9.59 Å². The highest BCUT2D eigenvalue weighted by molar-refractivity contribution is 5.95. The Hall–Kier alpha value is -4.56. The summed E-state index contributed by atoms with van der Waals surface area (Å²) in [5.74, 6) is 0.355. The number of hydrogen-bond acceptors (Lipinski definition) is 6. The molecule has 0 aromatic heterocycles. The molecule has 1 amide bonds. The number of amides is 1. The molecule has 0 radical (unpaired) electrons. The van der Waals surface area contributed by atoms with Crippen LogP contribution in [-0.4, -0.2) is 62.1 Å². The van der Waals surface area contributed by atoms with E-state index in [0.29, 0.717) is 44.0 Å². The first-order valence-electron chi connectivity index (χ1n) is 14.0. The third-order valence-corrected chi connectivity index (χ3v) is 7.77. The third-order valence-electron chi connectivity index (χ3n) is 7.77. The zero-order valence-electron chi connectivity index (χ0n) is 23.8. The van der Waals surface area contributed by atoms with E-state index in [1.54, 1.807) is 18.2 Å². The molecule has 1 N–H and O–H groups in total. The van der Waals surface area contributed by atoms with E-state index in [2.05, 4.69) is 42.5 Å². The summed E-state index contributed by atoms with van der Waals surface area (Å²) in [5.41, 5.74) is 3.44. The standard InChI is InChI=1S/C34H35NO7/c1-39-29-8-5-9-30(40-2)32(29)33(36)41-19-17-23-10-14-26(15-11-23)28-16-18-35(34(37)38)21-31(28)42-22-24-12-13-25-6-3-4-7-27(25)20-24/h3-15,20,28,31H,16-19,21-22H2,1-2H3,(H,37,38). The minimum Gasteiger partial charge on any atom is -0.496 e. The Labute approximate surface area is 245 Å². The van der Waals surface area contributed by atoms with Crippen LogP contribution in [0.5, 0.6) is 11.5 Å². The molecule has 1 aliphatic rings. The van der Waals surface area contributed by atoms with E-state index in [4.69, 9.17) is 18.9 Å². The van der Waals surface area contributed by atoms with Crippen LogP contribution in [0.1, 0.15) is 39.4 Å². The molecule has 0 aliphatic carbocycles. The van der Waals surface area contributed by atoms with Crippen LogP contribution in [0.4, 0.5) is 4.79 Å². The van der Waals surface area contributed by atoms with Crippen LogP contribution in [0.3, 0.4) is 0 Å². The lowest BCUT2D eigenvalue weighted by molar-refractivity contribution is -0.0199. The monoisotopic (exact) mass is 569 g/mol. The molecule has 4 aromatic carbocycles. The van der Waals surface area contributed by atoms with E-state index in [-0.39, 0.29) is 24.2 Å². The number of carbonyl (C=O) groups excluding carboxylic acids is 1. The molecule has 0 spiro atoms. The maximum absolute atomic E-state index is 12.8. The quantitative estimate of drug-likeness (QED) is 0.224. The van der Waals surface area contributed by atoms with Crippen molar-refractivity contribution in [2.75, 3.05) is 33.9 Å². The predicted octanol–water partition coefficient (Wildman–Crippen LogP) is 6.31. The fraction of sp³-hybridized carbons (Fsp3) is 0.294. The summed E-state index contributed by atoms with van der Waals surface area (Å²) >= 11 is 0. The van der Waals surface area contributed by atoms with Gasteiger partial charge in [0.05, 0.1) is 40.1 Å².